The van der Waals surface area contributed by atoms with E-state index in [0.29, 0.717) is 57.7 Å². The van der Waals surface area contributed by atoms with Crippen LogP contribution in [-0.2, 0) is 19.1 Å². The van der Waals surface area contributed by atoms with Gasteiger partial charge in [-0.25, -0.2) is 4.39 Å². The van der Waals surface area contributed by atoms with E-state index in [4.69, 9.17) is 9.47 Å². The maximum atomic E-state index is 13.3. The third-order valence-corrected chi connectivity index (χ3v) is 6.19. The van der Waals surface area contributed by atoms with Crippen LogP contribution in [0.15, 0.2) is 24.3 Å². The van der Waals surface area contributed by atoms with Crippen molar-refractivity contribution in [3.05, 3.63) is 30.1 Å². The van der Waals surface area contributed by atoms with Gasteiger partial charge in [-0.05, 0) is 43.9 Å². The molecule has 2 amide bonds. The van der Waals surface area contributed by atoms with Gasteiger partial charge in [0.2, 0.25) is 11.8 Å². The Bertz CT molecular complexity index is 717. The van der Waals surface area contributed by atoms with E-state index in [1.54, 1.807) is 12.1 Å². The third kappa shape index (κ3) is 4.20. The number of carbonyl (C=O) groups excluding carboxylic acids is 2. The summed E-state index contributed by atoms with van der Waals surface area (Å²) in [7, 11) is 0. The molecular formula is C21H27FN2O4. The van der Waals surface area contributed by atoms with Gasteiger partial charge in [-0.1, -0.05) is 6.07 Å². The van der Waals surface area contributed by atoms with E-state index >= 15 is 0 Å². The zero-order valence-corrected chi connectivity index (χ0v) is 16.0. The predicted octanol–water partition coefficient (Wildman–Crippen LogP) is 2.94. The quantitative estimate of drug-likeness (QED) is 0.862. The molecule has 0 radical (unpaired) electrons. The molecule has 0 bridgehead atoms. The maximum absolute atomic E-state index is 13.3. The minimum Gasteiger partial charge on any atom is -0.347 e. The highest BCUT2D eigenvalue weighted by Crippen LogP contribution is 2.35. The van der Waals surface area contributed by atoms with Gasteiger partial charge in [0.05, 0.1) is 13.2 Å². The summed E-state index contributed by atoms with van der Waals surface area (Å²) in [5.41, 5.74) is 0.474. The van der Waals surface area contributed by atoms with Gasteiger partial charge >= 0.3 is 0 Å². The Morgan fingerprint density at radius 3 is 2.32 bits per heavy atom. The lowest BCUT2D eigenvalue weighted by Crippen LogP contribution is -2.49. The second-order valence-corrected chi connectivity index (χ2v) is 7.98. The Hall–Kier alpha value is -1.99. The van der Waals surface area contributed by atoms with Gasteiger partial charge in [-0.3, -0.25) is 9.59 Å². The van der Waals surface area contributed by atoms with Crippen molar-refractivity contribution >= 4 is 17.5 Å². The molecule has 2 saturated heterocycles. The molecule has 28 heavy (non-hydrogen) atoms. The number of likely N-dealkylation sites (tertiary alicyclic amines) is 1. The van der Waals surface area contributed by atoms with Crippen molar-refractivity contribution in [2.75, 3.05) is 31.6 Å². The smallest absolute Gasteiger partial charge is 0.227 e. The van der Waals surface area contributed by atoms with Crippen molar-refractivity contribution in [3.8, 4) is 0 Å². The number of nitrogens with zero attached hydrogens (tertiary/aromatic N) is 1. The zero-order chi connectivity index (χ0) is 19.6. The summed E-state index contributed by atoms with van der Waals surface area (Å²) in [4.78, 5) is 27.2. The van der Waals surface area contributed by atoms with Crippen LogP contribution in [0.4, 0.5) is 10.1 Å². The van der Waals surface area contributed by atoms with Gasteiger partial charge < -0.3 is 19.7 Å². The topological polar surface area (TPSA) is 67.9 Å². The zero-order valence-electron chi connectivity index (χ0n) is 16.0. The molecule has 7 heteroatoms. The standard InChI is InChI=1S/C21H27FN2O4/c22-17-2-1-3-18(14-17)23-19(25)15-4-6-16(7-5-15)20(26)24-10-8-21(9-11-24)27-12-13-28-21/h1-3,14-16H,4-13H2,(H,23,25). The Balaban J connectivity index is 1.24. The summed E-state index contributed by atoms with van der Waals surface area (Å²) in [6.45, 7) is 2.60. The summed E-state index contributed by atoms with van der Waals surface area (Å²) in [6, 6.07) is 5.91. The minimum atomic E-state index is -0.469. The van der Waals surface area contributed by atoms with E-state index < -0.39 is 5.79 Å². The van der Waals surface area contributed by atoms with Crippen LogP contribution in [-0.4, -0.2) is 48.8 Å². The monoisotopic (exact) mass is 390 g/mol. The normalized spacial score (nSPS) is 27.0. The lowest BCUT2D eigenvalue weighted by molar-refractivity contribution is -0.188. The molecule has 0 atom stereocenters. The number of halogens is 1. The van der Waals surface area contributed by atoms with Crippen LogP contribution in [0.3, 0.4) is 0 Å². The van der Waals surface area contributed by atoms with Crippen LogP contribution in [0.2, 0.25) is 0 Å². The summed E-state index contributed by atoms with van der Waals surface area (Å²) >= 11 is 0. The number of hydrogen-bond acceptors (Lipinski definition) is 4. The third-order valence-electron chi connectivity index (χ3n) is 6.19. The second-order valence-electron chi connectivity index (χ2n) is 7.98. The summed E-state index contributed by atoms with van der Waals surface area (Å²) < 4.78 is 24.7. The van der Waals surface area contributed by atoms with Crippen LogP contribution in [0.5, 0.6) is 0 Å². The number of ether oxygens (including phenoxy) is 2. The lowest BCUT2D eigenvalue weighted by atomic mass is 9.80. The Morgan fingerprint density at radius 2 is 1.68 bits per heavy atom. The number of nitrogens with one attached hydrogen (secondary N) is 1. The molecule has 1 aromatic carbocycles. The van der Waals surface area contributed by atoms with E-state index in [1.807, 2.05) is 4.90 Å². The highest BCUT2D eigenvalue weighted by molar-refractivity contribution is 5.92. The molecule has 0 aromatic heterocycles. The molecule has 6 nitrogen and oxygen atoms in total. The van der Waals surface area contributed by atoms with Gasteiger partial charge in [-0.15, -0.1) is 0 Å². The highest BCUT2D eigenvalue weighted by atomic mass is 19.1. The highest BCUT2D eigenvalue weighted by Gasteiger charge is 2.42. The molecule has 3 aliphatic rings. The lowest BCUT2D eigenvalue weighted by Gasteiger charge is -2.39. The first-order valence-corrected chi connectivity index (χ1v) is 10.2. The largest absolute Gasteiger partial charge is 0.347 e. The van der Waals surface area contributed by atoms with Crippen LogP contribution in [0.1, 0.15) is 38.5 Å². The molecule has 3 fully saturated rings. The van der Waals surface area contributed by atoms with Crippen molar-refractivity contribution in [3.63, 3.8) is 0 Å². The molecule has 1 N–H and O–H groups in total. The van der Waals surface area contributed by atoms with E-state index in [9.17, 15) is 14.0 Å². The molecular weight excluding hydrogens is 363 g/mol. The van der Waals surface area contributed by atoms with E-state index in [1.165, 1.54) is 12.1 Å². The van der Waals surface area contributed by atoms with Crippen molar-refractivity contribution in [2.45, 2.75) is 44.3 Å². The number of amides is 2. The molecule has 1 aliphatic carbocycles. The summed E-state index contributed by atoms with van der Waals surface area (Å²) in [5.74, 6) is -0.883. The number of rotatable bonds is 3. The van der Waals surface area contributed by atoms with E-state index in [2.05, 4.69) is 5.32 Å². The van der Waals surface area contributed by atoms with Crippen molar-refractivity contribution in [1.82, 2.24) is 4.90 Å². The molecule has 152 valence electrons. The first-order valence-electron chi connectivity index (χ1n) is 10.2. The molecule has 1 saturated carbocycles. The van der Waals surface area contributed by atoms with E-state index in [0.717, 1.165) is 12.8 Å². The molecule has 1 spiro atoms. The first kappa shape index (κ1) is 19.3. The van der Waals surface area contributed by atoms with Gasteiger partial charge in [0, 0.05) is 43.5 Å². The number of anilines is 1. The second kappa shape index (κ2) is 8.17. The molecule has 1 aromatic rings. The van der Waals surface area contributed by atoms with Crippen molar-refractivity contribution in [2.24, 2.45) is 11.8 Å². The minimum absolute atomic E-state index is 0.0160. The average molecular weight is 390 g/mol. The SMILES string of the molecule is O=C(Nc1cccc(F)c1)C1CCC(C(=O)N2CCC3(CC2)OCCO3)CC1. The number of carbonyl (C=O) groups is 2. The average Bonchev–Trinajstić information content (AvgIpc) is 3.16. The van der Waals surface area contributed by atoms with Gasteiger partial charge in [0.25, 0.3) is 0 Å². The number of benzene rings is 1. The molecule has 4 rings (SSSR count). The van der Waals surface area contributed by atoms with Gasteiger partial charge in [-0.2, -0.15) is 0 Å². The number of hydrogen-bond donors (Lipinski definition) is 1. The summed E-state index contributed by atoms with van der Waals surface area (Å²) in [5, 5.41) is 2.79. The van der Waals surface area contributed by atoms with Crippen LogP contribution in [0, 0.1) is 17.7 Å². The fraction of sp³-hybridized carbons (Fsp3) is 0.619. The van der Waals surface area contributed by atoms with Crippen LogP contribution < -0.4 is 5.32 Å². The Labute approximate surface area is 164 Å². The van der Waals surface area contributed by atoms with Crippen LogP contribution >= 0.6 is 0 Å². The Morgan fingerprint density at radius 1 is 1.04 bits per heavy atom. The fourth-order valence-corrected chi connectivity index (χ4v) is 4.52. The van der Waals surface area contributed by atoms with Gasteiger partial charge in [0.1, 0.15) is 5.82 Å². The predicted molar refractivity (Wildman–Crippen MR) is 101 cm³/mol. The van der Waals surface area contributed by atoms with Crippen LogP contribution in [0.25, 0.3) is 0 Å². The number of piperidine rings is 1. The molecule has 0 unspecified atom stereocenters. The maximum Gasteiger partial charge on any atom is 0.227 e. The first-order chi connectivity index (χ1) is 13.5. The summed E-state index contributed by atoms with van der Waals surface area (Å²) in [6.07, 6.45) is 4.25. The van der Waals surface area contributed by atoms with Crippen molar-refractivity contribution < 1.29 is 23.5 Å². The molecule has 2 heterocycles. The van der Waals surface area contributed by atoms with E-state index in [-0.39, 0.29) is 29.5 Å². The fourth-order valence-electron chi connectivity index (χ4n) is 4.52. The Kier molecular flexibility index (Phi) is 5.64. The van der Waals surface area contributed by atoms with Crippen molar-refractivity contribution in [1.29, 1.82) is 0 Å². The molecule has 2 aliphatic heterocycles. The van der Waals surface area contributed by atoms with Gasteiger partial charge in [0.15, 0.2) is 5.79 Å².